The van der Waals surface area contributed by atoms with E-state index < -0.39 is 0 Å². The maximum Gasteiger partial charge on any atom is 0.108 e. The van der Waals surface area contributed by atoms with Gasteiger partial charge in [-0.1, -0.05) is 23.8 Å². The lowest BCUT2D eigenvalue weighted by Crippen LogP contribution is -1.88. The number of nitrogens with zero attached hydrogens (tertiary/aromatic N) is 1. The van der Waals surface area contributed by atoms with E-state index in [1.54, 1.807) is 0 Å². The normalized spacial score (nSPS) is 10.7. The Balaban J connectivity index is 2.40. The lowest BCUT2D eigenvalue weighted by atomic mass is 10.1. The molecule has 0 amide bonds. The molecule has 3 heteroatoms. The van der Waals surface area contributed by atoms with Crippen molar-refractivity contribution in [1.82, 2.24) is 9.97 Å². The quantitative estimate of drug-likeness (QED) is 0.810. The SMILES string of the molecule is Cc1cccc(-c2nc(CCCl)[nH]c2C)c1. The highest BCUT2D eigenvalue weighted by Gasteiger charge is 2.08. The molecule has 2 rings (SSSR count). The molecule has 16 heavy (non-hydrogen) atoms. The fraction of sp³-hybridized carbons (Fsp3) is 0.308. The van der Waals surface area contributed by atoms with Crippen molar-refractivity contribution in [2.45, 2.75) is 20.3 Å². The molecule has 1 aromatic heterocycles. The van der Waals surface area contributed by atoms with Crippen molar-refractivity contribution in [2.75, 3.05) is 5.88 Å². The van der Waals surface area contributed by atoms with Crippen molar-refractivity contribution in [3.63, 3.8) is 0 Å². The van der Waals surface area contributed by atoms with E-state index in [1.165, 1.54) is 5.56 Å². The van der Waals surface area contributed by atoms with E-state index in [9.17, 15) is 0 Å². The second-order valence-electron chi connectivity index (χ2n) is 3.97. The van der Waals surface area contributed by atoms with Gasteiger partial charge in [0.2, 0.25) is 0 Å². The van der Waals surface area contributed by atoms with Crippen molar-refractivity contribution < 1.29 is 0 Å². The lowest BCUT2D eigenvalue weighted by Gasteiger charge is -1.99. The summed E-state index contributed by atoms with van der Waals surface area (Å²) in [6.45, 7) is 4.13. The van der Waals surface area contributed by atoms with Crippen LogP contribution in [0.2, 0.25) is 0 Å². The van der Waals surface area contributed by atoms with E-state index in [1.807, 2.05) is 6.92 Å². The van der Waals surface area contributed by atoms with Crippen LogP contribution in [-0.2, 0) is 6.42 Å². The van der Waals surface area contributed by atoms with Crippen LogP contribution in [0.25, 0.3) is 11.3 Å². The third-order valence-corrected chi connectivity index (χ3v) is 2.75. The topological polar surface area (TPSA) is 28.7 Å². The van der Waals surface area contributed by atoms with Crippen LogP contribution in [0.5, 0.6) is 0 Å². The van der Waals surface area contributed by atoms with Crippen LogP contribution in [-0.4, -0.2) is 15.8 Å². The number of aromatic amines is 1. The second-order valence-corrected chi connectivity index (χ2v) is 4.34. The zero-order valence-electron chi connectivity index (χ0n) is 9.55. The maximum atomic E-state index is 5.71. The molecule has 0 saturated heterocycles. The molecule has 1 N–H and O–H groups in total. The molecule has 0 bridgehead atoms. The fourth-order valence-electron chi connectivity index (χ4n) is 1.80. The molecule has 0 spiro atoms. The average molecular weight is 235 g/mol. The predicted octanol–water partition coefficient (Wildman–Crippen LogP) is 3.47. The summed E-state index contributed by atoms with van der Waals surface area (Å²) in [5, 5.41) is 0. The minimum atomic E-state index is 0.597. The summed E-state index contributed by atoms with van der Waals surface area (Å²) in [5.74, 6) is 1.56. The minimum Gasteiger partial charge on any atom is -0.346 e. The molecule has 1 heterocycles. The number of imidazole rings is 1. The van der Waals surface area contributed by atoms with E-state index in [2.05, 4.69) is 41.2 Å². The van der Waals surface area contributed by atoms with Gasteiger partial charge in [-0.05, 0) is 19.9 Å². The number of aromatic nitrogens is 2. The fourth-order valence-corrected chi connectivity index (χ4v) is 1.98. The first-order valence-electron chi connectivity index (χ1n) is 5.39. The molecule has 0 aliphatic rings. The number of halogens is 1. The summed E-state index contributed by atoms with van der Waals surface area (Å²) in [5.41, 5.74) is 4.54. The van der Waals surface area contributed by atoms with Gasteiger partial charge < -0.3 is 4.98 Å². The van der Waals surface area contributed by atoms with Gasteiger partial charge in [0.25, 0.3) is 0 Å². The Morgan fingerprint density at radius 1 is 1.31 bits per heavy atom. The summed E-state index contributed by atoms with van der Waals surface area (Å²) in [7, 11) is 0. The third kappa shape index (κ3) is 2.27. The largest absolute Gasteiger partial charge is 0.346 e. The minimum absolute atomic E-state index is 0.597. The molecule has 0 fully saturated rings. The first-order chi connectivity index (χ1) is 7.70. The Kier molecular flexibility index (Phi) is 3.30. The van der Waals surface area contributed by atoms with E-state index in [-0.39, 0.29) is 0 Å². The van der Waals surface area contributed by atoms with Crippen molar-refractivity contribution in [2.24, 2.45) is 0 Å². The molecule has 0 radical (unpaired) electrons. The molecular weight excluding hydrogens is 220 g/mol. The van der Waals surface area contributed by atoms with Gasteiger partial charge in [0.05, 0.1) is 5.69 Å². The van der Waals surface area contributed by atoms with Crippen LogP contribution in [0.15, 0.2) is 24.3 Å². The molecule has 84 valence electrons. The Morgan fingerprint density at radius 3 is 2.81 bits per heavy atom. The smallest absolute Gasteiger partial charge is 0.108 e. The van der Waals surface area contributed by atoms with Crippen LogP contribution >= 0.6 is 11.6 Å². The highest BCUT2D eigenvalue weighted by atomic mass is 35.5. The highest BCUT2D eigenvalue weighted by Crippen LogP contribution is 2.22. The number of hydrogen-bond donors (Lipinski definition) is 1. The Morgan fingerprint density at radius 2 is 2.12 bits per heavy atom. The van der Waals surface area contributed by atoms with Gasteiger partial charge in [-0.25, -0.2) is 4.98 Å². The molecule has 0 saturated carbocycles. The van der Waals surface area contributed by atoms with Crippen LogP contribution < -0.4 is 0 Å². The number of nitrogens with one attached hydrogen (secondary N) is 1. The van der Waals surface area contributed by atoms with Crippen LogP contribution in [0.1, 0.15) is 17.1 Å². The standard InChI is InChI=1S/C13H15ClN2/c1-9-4-3-5-11(8-9)13-10(2)15-12(16-13)6-7-14/h3-5,8H,6-7H2,1-2H3,(H,15,16). The number of benzene rings is 1. The lowest BCUT2D eigenvalue weighted by molar-refractivity contribution is 0.988. The molecule has 2 nitrogen and oxygen atoms in total. The van der Waals surface area contributed by atoms with Crippen molar-refractivity contribution in [1.29, 1.82) is 0 Å². The summed E-state index contributed by atoms with van der Waals surface area (Å²) in [6.07, 6.45) is 0.786. The summed E-state index contributed by atoms with van der Waals surface area (Å²) < 4.78 is 0. The van der Waals surface area contributed by atoms with Gasteiger partial charge >= 0.3 is 0 Å². The third-order valence-electron chi connectivity index (χ3n) is 2.56. The van der Waals surface area contributed by atoms with Crippen molar-refractivity contribution in [3.05, 3.63) is 41.3 Å². The van der Waals surface area contributed by atoms with E-state index in [0.717, 1.165) is 29.2 Å². The maximum absolute atomic E-state index is 5.71. The first kappa shape index (κ1) is 11.2. The number of H-pyrrole nitrogens is 1. The molecule has 0 aliphatic heterocycles. The summed E-state index contributed by atoms with van der Waals surface area (Å²) >= 11 is 5.71. The number of rotatable bonds is 3. The van der Waals surface area contributed by atoms with E-state index >= 15 is 0 Å². The summed E-state index contributed by atoms with van der Waals surface area (Å²) in [4.78, 5) is 7.84. The molecule has 2 aromatic rings. The van der Waals surface area contributed by atoms with Gasteiger partial charge in [0.1, 0.15) is 5.82 Å². The first-order valence-corrected chi connectivity index (χ1v) is 5.92. The van der Waals surface area contributed by atoms with Gasteiger partial charge in [0.15, 0.2) is 0 Å². The zero-order valence-corrected chi connectivity index (χ0v) is 10.3. The molecule has 0 unspecified atom stereocenters. The van der Waals surface area contributed by atoms with Crippen LogP contribution in [0, 0.1) is 13.8 Å². The van der Waals surface area contributed by atoms with E-state index in [0.29, 0.717) is 5.88 Å². The highest BCUT2D eigenvalue weighted by molar-refractivity contribution is 6.17. The monoisotopic (exact) mass is 234 g/mol. The van der Waals surface area contributed by atoms with Crippen LogP contribution in [0.3, 0.4) is 0 Å². The number of alkyl halides is 1. The van der Waals surface area contributed by atoms with Gasteiger partial charge in [-0.15, -0.1) is 11.6 Å². The summed E-state index contributed by atoms with van der Waals surface area (Å²) in [6, 6.07) is 8.37. The Hall–Kier alpha value is -1.28. The van der Waals surface area contributed by atoms with Gasteiger partial charge in [-0.3, -0.25) is 0 Å². The predicted molar refractivity (Wildman–Crippen MR) is 67.9 cm³/mol. The van der Waals surface area contributed by atoms with E-state index in [4.69, 9.17) is 11.6 Å². The Bertz CT molecular complexity index is 488. The van der Waals surface area contributed by atoms with Crippen molar-refractivity contribution in [3.8, 4) is 11.3 Å². The molecular formula is C13H15ClN2. The van der Waals surface area contributed by atoms with Gasteiger partial charge in [0, 0.05) is 23.6 Å². The number of hydrogen-bond acceptors (Lipinski definition) is 1. The molecule has 1 aromatic carbocycles. The molecule has 0 atom stereocenters. The van der Waals surface area contributed by atoms with Crippen molar-refractivity contribution >= 4 is 11.6 Å². The second kappa shape index (κ2) is 4.71. The Labute approximate surface area is 101 Å². The zero-order chi connectivity index (χ0) is 11.5. The average Bonchev–Trinajstić information content (AvgIpc) is 2.60. The number of aryl methyl sites for hydroxylation is 3. The van der Waals surface area contributed by atoms with Crippen LogP contribution in [0.4, 0.5) is 0 Å². The molecule has 0 aliphatic carbocycles. The van der Waals surface area contributed by atoms with Gasteiger partial charge in [-0.2, -0.15) is 0 Å².